The lowest BCUT2D eigenvalue weighted by Gasteiger charge is -2.46. The number of nitrogens with two attached hydrogens (primary N) is 1. The van der Waals surface area contributed by atoms with Crippen LogP contribution in [0.15, 0.2) is 18.2 Å². The zero-order chi connectivity index (χ0) is 13.2. The monoisotopic (exact) mass is 252 g/mol. The Labute approximate surface area is 108 Å². The summed E-state index contributed by atoms with van der Waals surface area (Å²) in [5.74, 6) is 0.532. The van der Waals surface area contributed by atoms with Gasteiger partial charge in [-0.25, -0.2) is 4.39 Å². The van der Waals surface area contributed by atoms with E-state index in [0.29, 0.717) is 13.2 Å². The highest BCUT2D eigenvalue weighted by molar-refractivity contribution is 5.42. The topological polar surface area (TPSA) is 38.5 Å². The van der Waals surface area contributed by atoms with Crippen molar-refractivity contribution in [3.8, 4) is 5.75 Å². The Morgan fingerprint density at radius 1 is 1.39 bits per heavy atom. The number of nitrogens with zero attached hydrogens (tertiary/aromatic N) is 1. The van der Waals surface area contributed by atoms with E-state index < -0.39 is 0 Å². The summed E-state index contributed by atoms with van der Waals surface area (Å²) in [6.45, 7) is 7.11. The van der Waals surface area contributed by atoms with Gasteiger partial charge in [0.25, 0.3) is 0 Å². The summed E-state index contributed by atoms with van der Waals surface area (Å²) >= 11 is 0. The normalized spacial score (nSPS) is 22.7. The summed E-state index contributed by atoms with van der Waals surface area (Å²) < 4.78 is 19.2. The Morgan fingerprint density at radius 2 is 2.11 bits per heavy atom. The van der Waals surface area contributed by atoms with Crippen LogP contribution in [0.3, 0.4) is 0 Å². The molecule has 2 rings (SSSR count). The van der Waals surface area contributed by atoms with Crippen molar-refractivity contribution >= 4 is 0 Å². The molecule has 0 aliphatic carbocycles. The third-order valence-corrected chi connectivity index (χ3v) is 3.92. The molecule has 0 amide bonds. The van der Waals surface area contributed by atoms with E-state index in [1.165, 1.54) is 6.07 Å². The molecule has 0 spiro atoms. The molecule has 18 heavy (non-hydrogen) atoms. The van der Waals surface area contributed by atoms with E-state index in [1.54, 1.807) is 12.1 Å². The molecule has 1 atom stereocenters. The molecule has 0 saturated heterocycles. The van der Waals surface area contributed by atoms with Crippen LogP contribution in [0, 0.1) is 5.82 Å². The largest absolute Gasteiger partial charge is 0.493 e. The average Bonchev–Trinajstić information content (AvgIpc) is 2.40. The number of likely N-dealkylation sites (N-methyl/N-ethyl adjacent to an activating group) is 1. The Bertz CT molecular complexity index is 420. The maximum Gasteiger partial charge on any atom is 0.124 e. The molecular formula is C14H21FN2O. The maximum atomic E-state index is 13.5. The zero-order valence-electron chi connectivity index (χ0n) is 11.1. The lowest BCUT2D eigenvalue weighted by atomic mass is 9.82. The second-order valence-corrected chi connectivity index (χ2v) is 4.65. The number of benzene rings is 1. The predicted molar refractivity (Wildman–Crippen MR) is 70.2 cm³/mol. The molecule has 0 bridgehead atoms. The minimum absolute atomic E-state index is 0.232. The Morgan fingerprint density at radius 3 is 2.72 bits per heavy atom. The molecule has 2 N–H and O–H groups in total. The van der Waals surface area contributed by atoms with Crippen LogP contribution in [0.5, 0.6) is 5.75 Å². The zero-order valence-corrected chi connectivity index (χ0v) is 11.1. The van der Waals surface area contributed by atoms with Crippen molar-refractivity contribution in [2.45, 2.75) is 25.8 Å². The predicted octanol–water partition coefficient (Wildman–Crippen LogP) is 2.10. The van der Waals surface area contributed by atoms with Crippen molar-refractivity contribution < 1.29 is 9.13 Å². The molecule has 1 unspecified atom stereocenters. The second-order valence-electron chi connectivity index (χ2n) is 4.65. The van der Waals surface area contributed by atoms with Crippen molar-refractivity contribution in [2.24, 2.45) is 5.73 Å². The van der Waals surface area contributed by atoms with E-state index in [4.69, 9.17) is 10.5 Å². The van der Waals surface area contributed by atoms with Gasteiger partial charge in [-0.2, -0.15) is 0 Å². The Hall–Kier alpha value is -1.13. The van der Waals surface area contributed by atoms with E-state index >= 15 is 0 Å². The van der Waals surface area contributed by atoms with Gasteiger partial charge < -0.3 is 10.5 Å². The second kappa shape index (κ2) is 5.24. The molecule has 100 valence electrons. The van der Waals surface area contributed by atoms with Gasteiger partial charge in [-0.1, -0.05) is 13.8 Å². The van der Waals surface area contributed by atoms with Crippen molar-refractivity contribution in [1.29, 1.82) is 0 Å². The van der Waals surface area contributed by atoms with Crippen molar-refractivity contribution in [2.75, 3.05) is 26.2 Å². The molecule has 1 heterocycles. The van der Waals surface area contributed by atoms with Crippen LogP contribution < -0.4 is 10.5 Å². The van der Waals surface area contributed by atoms with E-state index in [0.717, 1.165) is 30.8 Å². The van der Waals surface area contributed by atoms with Crippen LogP contribution in [-0.4, -0.2) is 31.1 Å². The minimum atomic E-state index is -0.292. The molecule has 3 nitrogen and oxygen atoms in total. The SMILES string of the molecule is CCN(CC)C1(CN)CCOc2ccc(F)cc21. The third-order valence-electron chi connectivity index (χ3n) is 3.92. The number of hydrogen-bond acceptors (Lipinski definition) is 3. The number of hydrogen-bond donors (Lipinski definition) is 1. The molecule has 1 aliphatic rings. The van der Waals surface area contributed by atoms with Gasteiger partial charge in [0.15, 0.2) is 0 Å². The molecule has 0 saturated carbocycles. The molecule has 1 aromatic carbocycles. The Balaban J connectivity index is 2.53. The summed E-state index contributed by atoms with van der Waals surface area (Å²) in [7, 11) is 0. The number of ether oxygens (including phenoxy) is 1. The summed E-state index contributed by atoms with van der Waals surface area (Å²) in [4.78, 5) is 2.30. The number of halogens is 1. The van der Waals surface area contributed by atoms with Crippen LogP contribution in [-0.2, 0) is 5.54 Å². The molecule has 4 heteroatoms. The highest BCUT2D eigenvalue weighted by atomic mass is 19.1. The van der Waals surface area contributed by atoms with Gasteiger partial charge in [-0.05, 0) is 31.3 Å². The van der Waals surface area contributed by atoms with Crippen molar-refractivity contribution in [1.82, 2.24) is 4.90 Å². The molecule has 0 aromatic heterocycles. The number of rotatable bonds is 4. The van der Waals surface area contributed by atoms with Crippen molar-refractivity contribution in [3.63, 3.8) is 0 Å². The summed E-state index contributed by atoms with van der Waals surface area (Å²) in [5.41, 5.74) is 6.63. The smallest absolute Gasteiger partial charge is 0.124 e. The van der Waals surface area contributed by atoms with Crippen LogP contribution in [0.1, 0.15) is 25.8 Å². The van der Waals surface area contributed by atoms with E-state index in [2.05, 4.69) is 18.7 Å². The van der Waals surface area contributed by atoms with Gasteiger partial charge in [0, 0.05) is 18.5 Å². The fourth-order valence-corrected chi connectivity index (χ4v) is 2.95. The fourth-order valence-electron chi connectivity index (χ4n) is 2.95. The quantitative estimate of drug-likeness (QED) is 0.892. The van der Waals surface area contributed by atoms with Gasteiger partial charge in [-0.3, -0.25) is 4.90 Å². The fraction of sp³-hybridized carbons (Fsp3) is 0.571. The summed E-state index contributed by atoms with van der Waals surface area (Å²) in [6.07, 6.45) is 0.807. The number of fused-ring (bicyclic) bond motifs is 1. The highest BCUT2D eigenvalue weighted by Crippen LogP contribution is 2.40. The van der Waals surface area contributed by atoms with Gasteiger partial charge in [0.2, 0.25) is 0 Å². The highest BCUT2D eigenvalue weighted by Gasteiger charge is 2.40. The lowest BCUT2D eigenvalue weighted by molar-refractivity contribution is 0.0571. The minimum Gasteiger partial charge on any atom is -0.493 e. The van der Waals surface area contributed by atoms with Crippen LogP contribution in [0.4, 0.5) is 4.39 Å². The van der Waals surface area contributed by atoms with Gasteiger partial charge in [0.05, 0.1) is 12.1 Å². The van der Waals surface area contributed by atoms with Gasteiger partial charge in [-0.15, -0.1) is 0 Å². The van der Waals surface area contributed by atoms with E-state index in [1.807, 2.05) is 0 Å². The molecule has 1 aromatic rings. The van der Waals surface area contributed by atoms with Crippen LogP contribution >= 0.6 is 0 Å². The summed E-state index contributed by atoms with van der Waals surface area (Å²) in [6, 6.07) is 4.71. The average molecular weight is 252 g/mol. The Kier molecular flexibility index (Phi) is 3.88. The van der Waals surface area contributed by atoms with Gasteiger partial charge >= 0.3 is 0 Å². The lowest BCUT2D eigenvalue weighted by Crippen LogP contribution is -2.53. The van der Waals surface area contributed by atoms with Gasteiger partial charge in [0.1, 0.15) is 11.6 Å². The van der Waals surface area contributed by atoms with E-state index in [9.17, 15) is 4.39 Å². The first-order chi connectivity index (χ1) is 8.67. The molecular weight excluding hydrogens is 231 g/mol. The first-order valence-corrected chi connectivity index (χ1v) is 6.56. The third kappa shape index (κ3) is 1.99. The van der Waals surface area contributed by atoms with Crippen LogP contribution in [0.25, 0.3) is 0 Å². The molecule has 0 fully saturated rings. The first-order valence-electron chi connectivity index (χ1n) is 6.56. The molecule has 1 aliphatic heterocycles. The molecule has 0 radical (unpaired) electrons. The van der Waals surface area contributed by atoms with Crippen molar-refractivity contribution in [3.05, 3.63) is 29.6 Å². The van der Waals surface area contributed by atoms with Crippen LogP contribution in [0.2, 0.25) is 0 Å². The first kappa shape index (κ1) is 13.3. The maximum absolute atomic E-state index is 13.5. The summed E-state index contributed by atoms with van der Waals surface area (Å²) in [5, 5.41) is 0. The van der Waals surface area contributed by atoms with E-state index in [-0.39, 0.29) is 11.4 Å². The standard InChI is InChI=1S/C14H21FN2O/c1-3-17(4-2)14(10-16)7-8-18-13-6-5-11(15)9-12(13)14/h5-6,9H,3-4,7-8,10,16H2,1-2H3.